The number of carbonyl (C=O) groups excluding carboxylic acids is 2. The maximum absolute atomic E-state index is 13.5. The molecule has 2 aromatic heterocycles. The fraction of sp³-hybridized carbons (Fsp3) is 0. The van der Waals surface area contributed by atoms with E-state index in [1.165, 1.54) is 30.7 Å². The normalized spacial score (nSPS) is 11.2. The lowest BCUT2D eigenvalue weighted by molar-refractivity contribution is -0.112. The van der Waals surface area contributed by atoms with Crippen molar-refractivity contribution >= 4 is 38.3 Å². The molecule has 178 valence electrons. The van der Waals surface area contributed by atoms with Crippen LogP contribution in [0.2, 0.25) is 0 Å². The molecular formula is C27H19N3O5S. The fourth-order valence-corrected chi connectivity index (χ4v) is 5.06. The number of Topliss-reactive ketones (excluding diaryl/α,β-unsaturated/α-hetero) is 1. The third kappa shape index (κ3) is 4.47. The molecule has 1 N–H and O–H groups in total. The summed E-state index contributed by atoms with van der Waals surface area (Å²) in [4.78, 5) is 29.5. The first-order valence-corrected chi connectivity index (χ1v) is 12.3. The molecule has 0 aliphatic carbocycles. The van der Waals surface area contributed by atoms with Gasteiger partial charge in [0.25, 0.3) is 21.7 Å². The summed E-state index contributed by atoms with van der Waals surface area (Å²) in [7, 11) is -4.08. The van der Waals surface area contributed by atoms with Gasteiger partial charge in [-0.05, 0) is 54.6 Å². The first-order valence-electron chi connectivity index (χ1n) is 10.9. The Morgan fingerprint density at radius 2 is 1.42 bits per heavy atom. The summed E-state index contributed by atoms with van der Waals surface area (Å²) in [6.45, 7) is 0. The number of nitrogens with zero attached hydrogens (tertiary/aromatic N) is 2. The van der Waals surface area contributed by atoms with Gasteiger partial charge < -0.3 is 10.1 Å². The van der Waals surface area contributed by atoms with Crippen molar-refractivity contribution in [2.75, 3.05) is 5.32 Å². The van der Waals surface area contributed by atoms with Gasteiger partial charge in [0.1, 0.15) is 11.5 Å². The highest BCUT2D eigenvalue weighted by molar-refractivity contribution is 7.90. The standard InChI is InChI=1S/C27H19N3O5S/c31-26(27(32)29-19-14-16-28-17-15-19)24-18-30(25-9-5-4-8-23(24)25)36(33,34)22-12-10-21(11-13-22)35-20-6-2-1-3-7-20/h1-18H,(H,28,29,32). The van der Waals surface area contributed by atoms with E-state index in [0.29, 0.717) is 22.6 Å². The van der Waals surface area contributed by atoms with Gasteiger partial charge in [0.2, 0.25) is 0 Å². The Bertz CT molecular complexity index is 1660. The predicted octanol–water partition coefficient (Wildman–Crippen LogP) is 4.89. The van der Waals surface area contributed by atoms with E-state index in [1.54, 1.807) is 60.7 Å². The molecule has 9 heteroatoms. The highest BCUT2D eigenvalue weighted by Gasteiger charge is 2.26. The Labute approximate surface area is 206 Å². The molecule has 0 bridgehead atoms. The molecule has 8 nitrogen and oxygen atoms in total. The Kier molecular flexibility index (Phi) is 6.05. The second-order valence-corrected chi connectivity index (χ2v) is 9.58. The fourth-order valence-electron chi connectivity index (χ4n) is 3.69. The molecule has 0 unspecified atom stereocenters. The lowest BCUT2D eigenvalue weighted by Gasteiger charge is -2.09. The van der Waals surface area contributed by atoms with Crippen molar-refractivity contribution in [1.29, 1.82) is 0 Å². The first kappa shape index (κ1) is 23.0. The van der Waals surface area contributed by atoms with Gasteiger partial charge in [-0.25, -0.2) is 12.4 Å². The van der Waals surface area contributed by atoms with Crippen LogP contribution in [0.15, 0.2) is 114 Å². The van der Waals surface area contributed by atoms with Crippen LogP contribution >= 0.6 is 0 Å². The molecule has 0 aliphatic heterocycles. The van der Waals surface area contributed by atoms with Crippen LogP contribution in [-0.4, -0.2) is 29.1 Å². The highest BCUT2D eigenvalue weighted by atomic mass is 32.2. The number of pyridine rings is 1. The molecule has 0 radical (unpaired) electrons. The minimum atomic E-state index is -4.08. The van der Waals surface area contributed by atoms with Gasteiger partial charge in [-0.2, -0.15) is 0 Å². The third-order valence-electron chi connectivity index (χ3n) is 5.43. The van der Waals surface area contributed by atoms with Gasteiger partial charge in [0.15, 0.2) is 0 Å². The number of ketones is 1. The highest BCUT2D eigenvalue weighted by Crippen LogP contribution is 2.28. The molecule has 5 aromatic rings. The van der Waals surface area contributed by atoms with Crippen molar-refractivity contribution in [3.63, 3.8) is 0 Å². The maximum Gasteiger partial charge on any atom is 0.296 e. The summed E-state index contributed by atoms with van der Waals surface area (Å²) in [5, 5.41) is 2.86. The summed E-state index contributed by atoms with van der Waals surface area (Å²) < 4.78 is 33.8. The number of aromatic nitrogens is 2. The van der Waals surface area contributed by atoms with Crippen molar-refractivity contribution in [3.05, 3.63) is 115 Å². The van der Waals surface area contributed by atoms with Crippen molar-refractivity contribution in [2.24, 2.45) is 0 Å². The second kappa shape index (κ2) is 9.47. The van der Waals surface area contributed by atoms with Crippen LogP contribution in [0.1, 0.15) is 10.4 Å². The predicted molar refractivity (Wildman–Crippen MR) is 135 cm³/mol. The SMILES string of the molecule is O=C(Nc1ccncc1)C(=O)c1cn(S(=O)(=O)c2ccc(Oc3ccccc3)cc2)c2ccccc12. The average molecular weight is 498 g/mol. The first-order chi connectivity index (χ1) is 17.4. The van der Waals surface area contributed by atoms with Crippen LogP contribution in [0.5, 0.6) is 11.5 Å². The lowest BCUT2D eigenvalue weighted by atomic mass is 10.1. The summed E-state index contributed by atoms with van der Waals surface area (Å²) in [6.07, 6.45) is 4.15. The number of para-hydroxylation sites is 2. The number of carbonyl (C=O) groups is 2. The number of amides is 1. The quantitative estimate of drug-likeness (QED) is 0.254. The zero-order valence-corrected chi connectivity index (χ0v) is 19.6. The number of fused-ring (bicyclic) bond motifs is 1. The number of hydrogen-bond acceptors (Lipinski definition) is 6. The summed E-state index contributed by atoms with van der Waals surface area (Å²) in [5.74, 6) is -0.647. The Morgan fingerprint density at radius 1 is 0.778 bits per heavy atom. The number of anilines is 1. The van der Waals surface area contributed by atoms with E-state index in [1.807, 2.05) is 18.2 Å². The van der Waals surface area contributed by atoms with Crippen LogP contribution in [0.4, 0.5) is 5.69 Å². The molecular weight excluding hydrogens is 478 g/mol. The Balaban J connectivity index is 1.47. The van der Waals surface area contributed by atoms with Crippen molar-refractivity contribution in [3.8, 4) is 11.5 Å². The van der Waals surface area contributed by atoms with E-state index in [4.69, 9.17) is 4.74 Å². The zero-order valence-electron chi connectivity index (χ0n) is 18.7. The summed E-state index contributed by atoms with van der Waals surface area (Å²) in [5.41, 5.74) is 0.657. The van der Waals surface area contributed by atoms with Crippen LogP contribution in [0.25, 0.3) is 10.9 Å². The van der Waals surface area contributed by atoms with Crippen molar-refractivity contribution in [2.45, 2.75) is 4.90 Å². The molecule has 0 fully saturated rings. The third-order valence-corrected chi connectivity index (χ3v) is 7.11. The number of rotatable bonds is 7. The van der Waals surface area contributed by atoms with Crippen LogP contribution in [0, 0.1) is 0 Å². The topological polar surface area (TPSA) is 107 Å². The van der Waals surface area contributed by atoms with Gasteiger partial charge in [-0.15, -0.1) is 0 Å². The minimum Gasteiger partial charge on any atom is -0.457 e. The van der Waals surface area contributed by atoms with Gasteiger partial charge in [0.05, 0.1) is 16.0 Å². The lowest BCUT2D eigenvalue weighted by Crippen LogP contribution is -2.22. The molecule has 36 heavy (non-hydrogen) atoms. The van der Waals surface area contributed by atoms with Crippen molar-refractivity contribution in [1.82, 2.24) is 8.96 Å². The second-order valence-electron chi connectivity index (χ2n) is 7.77. The minimum absolute atomic E-state index is 0.00361. The van der Waals surface area contributed by atoms with E-state index >= 15 is 0 Å². The Morgan fingerprint density at radius 3 is 2.14 bits per heavy atom. The number of benzene rings is 3. The van der Waals surface area contributed by atoms with Crippen LogP contribution in [-0.2, 0) is 14.8 Å². The van der Waals surface area contributed by atoms with E-state index in [9.17, 15) is 18.0 Å². The molecule has 0 saturated heterocycles. The summed E-state index contributed by atoms with van der Waals surface area (Å²) >= 11 is 0. The molecule has 0 atom stereocenters. The van der Waals surface area contributed by atoms with Gasteiger partial charge in [-0.3, -0.25) is 14.6 Å². The van der Waals surface area contributed by atoms with Gasteiger partial charge >= 0.3 is 0 Å². The van der Waals surface area contributed by atoms with Gasteiger partial charge in [-0.1, -0.05) is 36.4 Å². The van der Waals surface area contributed by atoms with E-state index in [-0.39, 0.29) is 16.0 Å². The molecule has 2 heterocycles. The molecule has 5 rings (SSSR count). The largest absolute Gasteiger partial charge is 0.457 e. The Hall–Kier alpha value is -4.76. The average Bonchev–Trinajstić information content (AvgIpc) is 3.30. The van der Waals surface area contributed by atoms with Crippen LogP contribution in [0.3, 0.4) is 0 Å². The molecule has 1 amide bonds. The molecule has 0 aliphatic rings. The smallest absolute Gasteiger partial charge is 0.296 e. The molecule has 3 aromatic carbocycles. The number of ether oxygens (including phenoxy) is 1. The van der Waals surface area contributed by atoms with Crippen molar-refractivity contribution < 1.29 is 22.7 Å². The van der Waals surface area contributed by atoms with E-state index in [2.05, 4.69) is 10.3 Å². The number of hydrogen-bond donors (Lipinski definition) is 1. The number of nitrogens with one attached hydrogen (secondary N) is 1. The van der Waals surface area contributed by atoms with E-state index in [0.717, 1.165) is 3.97 Å². The maximum atomic E-state index is 13.5. The summed E-state index contributed by atoms with van der Waals surface area (Å²) in [6, 6.07) is 24.7. The molecule has 0 saturated carbocycles. The molecule has 0 spiro atoms. The van der Waals surface area contributed by atoms with Gasteiger partial charge in [0, 0.05) is 29.7 Å². The monoisotopic (exact) mass is 497 g/mol. The van der Waals surface area contributed by atoms with Crippen LogP contribution < -0.4 is 10.1 Å². The zero-order chi connectivity index (χ0) is 25.1. The van der Waals surface area contributed by atoms with E-state index < -0.39 is 21.7 Å².